The molecule has 2 saturated heterocycles. The topological polar surface area (TPSA) is 80.2 Å². The van der Waals surface area contributed by atoms with E-state index in [1.807, 2.05) is 17.0 Å². The summed E-state index contributed by atoms with van der Waals surface area (Å²) in [6, 6.07) is 4.10. The summed E-state index contributed by atoms with van der Waals surface area (Å²) in [7, 11) is 0. The number of hydrogen-bond donors (Lipinski definition) is 1. The third kappa shape index (κ3) is 3.80. The molecule has 2 aromatic rings. The highest BCUT2D eigenvalue weighted by atomic mass is 32.1. The van der Waals surface area contributed by atoms with E-state index in [0.29, 0.717) is 10.9 Å². The number of nitrogens with zero attached hydrogens (tertiary/aromatic N) is 4. The zero-order valence-electron chi connectivity index (χ0n) is 13.9. The van der Waals surface area contributed by atoms with Gasteiger partial charge >= 0.3 is 0 Å². The molecule has 7 nitrogen and oxygen atoms in total. The smallest absolute Gasteiger partial charge is 0.265 e. The second kappa shape index (κ2) is 7.45. The van der Waals surface area contributed by atoms with Crippen LogP contribution in [0.3, 0.4) is 0 Å². The number of anilines is 1. The van der Waals surface area contributed by atoms with Gasteiger partial charge < -0.3 is 15.0 Å². The number of amides is 1. The van der Waals surface area contributed by atoms with Crippen LogP contribution in [0.2, 0.25) is 0 Å². The van der Waals surface area contributed by atoms with Crippen LogP contribution in [-0.4, -0.2) is 51.7 Å². The van der Waals surface area contributed by atoms with Crippen molar-refractivity contribution in [3.8, 4) is 0 Å². The zero-order chi connectivity index (χ0) is 17.1. The Balaban J connectivity index is 1.32. The highest BCUT2D eigenvalue weighted by molar-refractivity contribution is 7.13. The average molecular weight is 359 g/mol. The predicted molar refractivity (Wildman–Crippen MR) is 94.6 cm³/mol. The Bertz CT molecular complexity index is 709. The lowest BCUT2D eigenvalue weighted by atomic mass is 10.0. The molecule has 2 aliphatic heterocycles. The van der Waals surface area contributed by atoms with Crippen LogP contribution in [-0.2, 0) is 4.74 Å². The van der Waals surface area contributed by atoms with Crippen molar-refractivity contribution >= 4 is 23.1 Å². The standard InChI is InChI=1S/C17H21N5O2S/c23-17(14-11-18-16(25-14)13-3-2-10-24-13)22-8-5-12(6-9-22)20-15-4-1-7-19-21-15/h1,4,7,11-13H,2-3,5-6,8-10H2,(H,20,21). The molecule has 25 heavy (non-hydrogen) atoms. The van der Waals surface area contributed by atoms with E-state index in [0.717, 1.165) is 56.2 Å². The summed E-state index contributed by atoms with van der Waals surface area (Å²) in [6.45, 7) is 2.27. The van der Waals surface area contributed by atoms with Gasteiger partial charge in [-0.05, 0) is 37.8 Å². The SMILES string of the molecule is O=C(c1cnc(C2CCCO2)s1)N1CCC(Nc2cccnn2)CC1. The van der Waals surface area contributed by atoms with Gasteiger partial charge in [0.05, 0.1) is 6.20 Å². The number of hydrogen-bond acceptors (Lipinski definition) is 7. The second-order valence-electron chi connectivity index (χ2n) is 6.38. The summed E-state index contributed by atoms with van der Waals surface area (Å²) in [5.41, 5.74) is 0. The minimum Gasteiger partial charge on any atom is -0.371 e. The molecule has 2 aliphatic rings. The van der Waals surface area contributed by atoms with Gasteiger partial charge in [-0.15, -0.1) is 16.4 Å². The fourth-order valence-corrected chi connectivity index (χ4v) is 4.25. The third-order valence-electron chi connectivity index (χ3n) is 4.65. The Kier molecular flexibility index (Phi) is 4.89. The highest BCUT2D eigenvalue weighted by Crippen LogP contribution is 2.32. The maximum atomic E-state index is 12.7. The molecular formula is C17H21N5O2S. The van der Waals surface area contributed by atoms with Gasteiger partial charge in [-0.2, -0.15) is 5.10 Å². The molecule has 0 saturated carbocycles. The van der Waals surface area contributed by atoms with Gasteiger partial charge in [0.25, 0.3) is 5.91 Å². The van der Waals surface area contributed by atoms with Crippen LogP contribution >= 0.6 is 11.3 Å². The van der Waals surface area contributed by atoms with Crippen molar-refractivity contribution in [3.63, 3.8) is 0 Å². The average Bonchev–Trinajstić information content (AvgIpc) is 3.34. The molecule has 2 aromatic heterocycles. The third-order valence-corrected chi connectivity index (χ3v) is 5.72. The van der Waals surface area contributed by atoms with Crippen LogP contribution in [0.1, 0.15) is 46.5 Å². The van der Waals surface area contributed by atoms with Gasteiger partial charge in [0.15, 0.2) is 0 Å². The Morgan fingerprint density at radius 2 is 2.20 bits per heavy atom. The van der Waals surface area contributed by atoms with Gasteiger partial charge in [-0.25, -0.2) is 4.98 Å². The Morgan fingerprint density at radius 1 is 1.32 bits per heavy atom. The first-order valence-corrected chi connectivity index (χ1v) is 9.52. The molecule has 1 atom stereocenters. The molecule has 4 rings (SSSR count). The normalized spacial score (nSPS) is 21.4. The number of likely N-dealkylation sites (tertiary alicyclic amines) is 1. The maximum absolute atomic E-state index is 12.7. The molecule has 1 amide bonds. The van der Waals surface area contributed by atoms with Crippen molar-refractivity contribution in [1.82, 2.24) is 20.1 Å². The molecule has 132 valence electrons. The largest absolute Gasteiger partial charge is 0.371 e. The van der Waals surface area contributed by atoms with Gasteiger partial charge in [0.1, 0.15) is 21.8 Å². The summed E-state index contributed by atoms with van der Waals surface area (Å²) >= 11 is 1.47. The summed E-state index contributed by atoms with van der Waals surface area (Å²) < 4.78 is 5.65. The molecular weight excluding hydrogens is 338 g/mol. The number of aromatic nitrogens is 3. The number of carbonyl (C=O) groups excluding carboxylic acids is 1. The first kappa shape index (κ1) is 16.4. The first-order chi connectivity index (χ1) is 12.3. The number of nitrogens with one attached hydrogen (secondary N) is 1. The molecule has 1 N–H and O–H groups in total. The van der Waals surface area contributed by atoms with E-state index >= 15 is 0 Å². The molecule has 0 spiro atoms. The summed E-state index contributed by atoms with van der Waals surface area (Å²) in [4.78, 5) is 19.7. The maximum Gasteiger partial charge on any atom is 0.265 e. The Morgan fingerprint density at radius 3 is 2.92 bits per heavy atom. The molecule has 8 heteroatoms. The van der Waals surface area contributed by atoms with E-state index in [9.17, 15) is 4.79 Å². The van der Waals surface area contributed by atoms with Crippen molar-refractivity contribution in [2.75, 3.05) is 25.0 Å². The Hall–Kier alpha value is -2.06. The van der Waals surface area contributed by atoms with Crippen molar-refractivity contribution in [2.24, 2.45) is 0 Å². The van der Waals surface area contributed by atoms with Crippen molar-refractivity contribution < 1.29 is 9.53 Å². The van der Waals surface area contributed by atoms with Crippen molar-refractivity contribution in [1.29, 1.82) is 0 Å². The number of ether oxygens (including phenoxy) is 1. The van der Waals surface area contributed by atoms with E-state index in [2.05, 4.69) is 20.5 Å². The van der Waals surface area contributed by atoms with E-state index in [4.69, 9.17) is 4.74 Å². The van der Waals surface area contributed by atoms with E-state index in [1.54, 1.807) is 12.4 Å². The molecule has 2 fully saturated rings. The molecule has 0 aromatic carbocycles. The molecule has 4 heterocycles. The second-order valence-corrected chi connectivity index (χ2v) is 7.45. The zero-order valence-corrected chi connectivity index (χ0v) is 14.7. The lowest BCUT2D eigenvalue weighted by Gasteiger charge is -2.32. The molecule has 1 unspecified atom stereocenters. The number of piperidine rings is 1. The predicted octanol–water partition coefficient (Wildman–Crippen LogP) is 2.50. The summed E-state index contributed by atoms with van der Waals surface area (Å²) in [6.07, 6.45) is 7.31. The monoisotopic (exact) mass is 359 g/mol. The minimum atomic E-state index is 0.0773. The molecule has 0 bridgehead atoms. The number of thiazole rings is 1. The summed E-state index contributed by atoms with van der Waals surface area (Å²) in [5, 5.41) is 12.2. The van der Waals surface area contributed by atoms with Gasteiger partial charge in [0, 0.05) is 31.9 Å². The van der Waals surface area contributed by atoms with Gasteiger partial charge in [-0.3, -0.25) is 4.79 Å². The lowest BCUT2D eigenvalue weighted by molar-refractivity contribution is 0.0723. The summed E-state index contributed by atoms with van der Waals surface area (Å²) in [5.74, 6) is 0.871. The lowest BCUT2D eigenvalue weighted by Crippen LogP contribution is -2.42. The first-order valence-electron chi connectivity index (χ1n) is 8.70. The van der Waals surface area contributed by atoms with E-state index < -0.39 is 0 Å². The van der Waals surface area contributed by atoms with Gasteiger partial charge in [0.2, 0.25) is 0 Å². The molecule has 0 aliphatic carbocycles. The van der Waals surface area contributed by atoms with Crippen molar-refractivity contribution in [2.45, 2.75) is 37.8 Å². The van der Waals surface area contributed by atoms with Crippen LogP contribution in [0.5, 0.6) is 0 Å². The van der Waals surface area contributed by atoms with Crippen LogP contribution in [0, 0.1) is 0 Å². The number of carbonyl (C=O) groups is 1. The van der Waals surface area contributed by atoms with Crippen LogP contribution in [0.4, 0.5) is 5.82 Å². The van der Waals surface area contributed by atoms with E-state index in [-0.39, 0.29) is 12.0 Å². The number of rotatable bonds is 4. The van der Waals surface area contributed by atoms with Crippen LogP contribution < -0.4 is 5.32 Å². The van der Waals surface area contributed by atoms with Crippen LogP contribution in [0.25, 0.3) is 0 Å². The fraction of sp³-hybridized carbons (Fsp3) is 0.529. The quantitative estimate of drug-likeness (QED) is 0.903. The molecule has 0 radical (unpaired) electrons. The van der Waals surface area contributed by atoms with E-state index in [1.165, 1.54) is 11.3 Å². The van der Waals surface area contributed by atoms with Crippen molar-refractivity contribution in [3.05, 3.63) is 34.4 Å². The fourth-order valence-electron chi connectivity index (χ4n) is 3.28. The minimum absolute atomic E-state index is 0.0773. The Labute approximate surface area is 150 Å². The van der Waals surface area contributed by atoms with Crippen LogP contribution in [0.15, 0.2) is 24.5 Å². The highest BCUT2D eigenvalue weighted by Gasteiger charge is 2.27. The van der Waals surface area contributed by atoms with Gasteiger partial charge in [-0.1, -0.05) is 0 Å².